The van der Waals surface area contributed by atoms with Crippen molar-refractivity contribution >= 4 is 34.8 Å². The van der Waals surface area contributed by atoms with Gasteiger partial charge in [-0.3, -0.25) is 20.4 Å². The van der Waals surface area contributed by atoms with Gasteiger partial charge in [0.25, 0.3) is 11.8 Å². The second-order valence-electron chi connectivity index (χ2n) is 4.04. The van der Waals surface area contributed by atoms with E-state index in [-0.39, 0.29) is 0 Å². The van der Waals surface area contributed by atoms with Crippen LogP contribution in [0.5, 0.6) is 0 Å². The number of amides is 2. The van der Waals surface area contributed by atoms with Gasteiger partial charge in [-0.25, -0.2) is 4.98 Å². The number of aryl methyl sites for hydroxylation is 2. The van der Waals surface area contributed by atoms with Crippen molar-refractivity contribution in [1.82, 2.24) is 15.8 Å². The minimum atomic E-state index is -0.470. The highest BCUT2D eigenvalue weighted by Gasteiger charge is 2.15. The second-order valence-corrected chi connectivity index (χ2v) is 5.65. The Balaban J connectivity index is 2.02. The van der Waals surface area contributed by atoms with Crippen LogP contribution < -0.4 is 10.9 Å². The Morgan fingerprint density at radius 2 is 1.80 bits per heavy atom. The zero-order chi connectivity index (χ0) is 14.7. The maximum absolute atomic E-state index is 11.9. The van der Waals surface area contributed by atoms with E-state index in [1.165, 1.54) is 11.3 Å². The number of hydrazine groups is 1. The molecule has 2 rings (SSSR count). The predicted octanol–water partition coefficient (Wildman–Crippen LogP) is 2.49. The van der Waals surface area contributed by atoms with E-state index in [4.69, 9.17) is 11.6 Å². The van der Waals surface area contributed by atoms with Crippen LogP contribution in [0.4, 0.5) is 0 Å². The van der Waals surface area contributed by atoms with Gasteiger partial charge in [-0.2, -0.15) is 0 Å². The van der Waals surface area contributed by atoms with Gasteiger partial charge in [-0.15, -0.1) is 11.3 Å². The molecule has 0 saturated heterocycles. The van der Waals surface area contributed by atoms with Crippen LogP contribution in [0.15, 0.2) is 24.3 Å². The fourth-order valence-corrected chi connectivity index (χ4v) is 2.66. The maximum Gasteiger partial charge on any atom is 0.281 e. The molecule has 2 N–H and O–H groups in total. The largest absolute Gasteiger partial charge is 0.281 e. The molecule has 0 aliphatic carbocycles. The van der Waals surface area contributed by atoms with Crippen molar-refractivity contribution in [1.29, 1.82) is 0 Å². The Kier molecular flexibility index (Phi) is 4.36. The normalized spacial score (nSPS) is 10.2. The van der Waals surface area contributed by atoms with E-state index < -0.39 is 11.8 Å². The number of halogens is 1. The molecular weight excluding hydrogens is 298 g/mol. The lowest BCUT2D eigenvalue weighted by Gasteiger charge is -2.07. The van der Waals surface area contributed by atoms with E-state index in [0.717, 1.165) is 5.01 Å². The summed E-state index contributed by atoms with van der Waals surface area (Å²) in [5, 5.41) is 1.12. The van der Waals surface area contributed by atoms with Crippen molar-refractivity contribution in [2.24, 2.45) is 0 Å². The number of nitrogens with one attached hydrogen (secondary N) is 2. The standard InChI is InChI=1S/C13H12ClN3O2S/c1-7-11(20-8(2)15-7)13(19)17-16-12(18)9-5-3-4-6-10(9)14/h3-6H,1-2H3,(H,16,18)(H,17,19). The number of benzene rings is 1. The number of rotatable bonds is 2. The average Bonchev–Trinajstić information content (AvgIpc) is 2.75. The molecular formula is C13H12ClN3O2S. The molecule has 2 aromatic rings. The summed E-state index contributed by atoms with van der Waals surface area (Å²) in [6.45, 7) is 3.56. The lowest BCUT2D eigenvalue weighted by Crippen LogP contribution is -2.41. The molecule has 0 aliphatic rings. The molecule has 0 aliphatic heterocycles. The number of thiazole rings is 1. The summed E-state index contributed by atoms with van der Waals surface area (Å²) >= 11 is 7.17. The molecule has 0 unspecified atom stereocenters. The first-order valence-corrected chi connectivity index (χ1v) is 6.97. The summed E-state index contributed by atoms with van der Waals surface area (Å²) in [6, 6.07) is 6.60. The molecule has 1 aromatic carbocycles. The molecule has 0 fully saturated rings. The molecule has 0 radical (unpaired) electrons. The van der Waals surface area contributed by atoms with E-state index in [9.17, 15) is 9.59 Å². The highest BCUT2D eigenvalue weighted by molar-refractivity contribution is 7.13. The minimum Gasteiger partial charge on any atom is -0.267 e. The molecule has 0 spiro atoms. The van der Waals surface area contributed by atoms with Crippen molar-refractivity contribution in [3.8, 4) is 0 Å². The predicted molar refractivity (Wildman–Crippen MR) is 78.0 cm³/mol. The highest BCUT2D eigenvalue weighted by Crippen LogP contribution is 2.17. The summed E-state index contributed by atoms with van der Waals surface area (Å²) < 4.78 is 0. The molecule has 104 valence electrons. The monoisotopic (exact) mass is 309 g/mol. The van der Waals surface area contributed by atoms with Gasteiger partial charge in [0, 0.05) is 0 Å². The average molecular weight is 310 g/mol. The number of hydrogen-bond donors (Lipinski definition) is 2. The zero-order valence-electron chi connectivity index (χ0n) is 10.9. The number of hydrogen-bond acceptors (Lipinski definition) is 4. The number of carbonyl (C=O) groups is 2. The molecule has 5 nitrogen and oxygen atoms in total. The molecule has 7 heteroatoms. The third kappa shape index (κ3) is 3.15. The van der Waals surface area contributed by atoms with E-state index in [0.29, 0.717) is 21.2 Å². The first-order chi connectivity index (χ1) is 9.49. The van der Waals surface area contributed by atoms with Crippen LogP contribution in [-0.4, -0.2) is 16.8 Å². The Morgan fingerprint density at radius 3 is 2.40 bits per heavy atom. The van der Waals surface area contributed by atoms with Crippen LogP contribution in [0, 0.1) is 13.8 Å². The molecule has 0 saturated carbocycles. The molecule has 20 heavy (non-hydrogen) atoms. The number of nitrogens with zero attached hydrogens (tertiary/aromatic N) is 1. The van der Waals surface area contributed by atoms with Gasteiger partial charge in [0.15, 0.2) is 0 Å². The Labute approximate surface area is 125 Å². The quantitative estimate of drug-likeness (QED) is 0.837. The van der Waals surface area contributed by atoms with Crippen molar-refractivity contribution in [3.05, 3.63) is 50.4 Å². The van der Waals surface area contributed by atoms with Gasteiger partial charge >= 0.3 is 0 Å². The molecule has 2 amide bonds. The van der Waals surface area contributed by atoms with Crippen LogP contribution in [0.2, 0.25) is 5.02 Å². The summed E-state index contributed by atoms with van der Waals surface area (Å²) in [5.41, 5.74) is 5.62. The summed E-state index contributed by atoms with van der Waals surface area (Å²) in [5.74, 6) is -0.864. The fourth-order valence-electron chi connectivity index (χ4n) is 1.62. The lowest BCUT2D eigenvalue weighted by atomic mass is 10.2. The maximum atomic E-state index is 11.9. The Morgan fingerprint density at radius 1 is 1.15 bits per heavy atom. The second kappa shape index (κ2) is 6.02. The van der Waals surface area contributed by atoms with Crippen LogP contribution in [0.25, 0.3) is 0 Å². The van der Waals surface area contributed by atoms with Crippen molar-refractivity contribution in [2.45, 2.75) is 13.8 Å². The fraction of sp³-hybridized carbons (Fsp3) is 0.154. The molecule has 1 aromatic heterocycles. The van der Waals surface area contributed by atoms with Gasteiger partial charge < -0.3 is 0 Å². The summed E-state index contributed by atoms with van der Waals surface area (Å²) in [7, 11) is 0. The minimum absolute atomic E-state index is 0.298. The highest BCUT2D eigenvalue weighted by atomic mass is 35.5. The van der Waals surface area contributed by atoms with Gasteiger partial charge in [0.05, 0.1) is 21.3 Å². The third-order valence-electron chi connectivity index (χ3n) is 2.52. The molecule has 0 atom stereocenters. The van der Waals surface area contributed by atoms with Crippen LogP contribution in [0.3, 0.4) is 0 Å². The van der Waals surface area contributed by atoms with Gasteiger partial charge in [0.2, 0.25) is 0 Å². The van der Waals surface area contributed by atoms with Crippen LogP contribution in [-0.2, 0) is 0 Å². The first kappa shape index (κ1) is 14.5. The van der Waals surface area contributed by atoms with Crippen molar-refractivity contribution in [2.75, 3.05) is 0 Å². The summed E-state index contributed by atoms with van der Waals surface area (Å²) in [4.78, 5) is 28.4. The van der Waals surface area contributed by atoms with Gasteiger partial charge in [-0.1, -0.05) is 23.7 Å². The molecule has 0 bridgehead atoms. The zero-order valence-corrected chi connectivity index (χ0v) is 12.4. The lowest BCUT2D eigenvalue weighted by molar-refractivity contribution is 0.0848. The number of aromatic nitrogens is 1. The first-order valence-electron chi connectivity index (χ1n) is 5.78. The van der Waals surface area contributed by atoms with E-state index in [1.54, 1.807) is 31.2 Å². The topological polar surface area (TPSA) is 71.1 Å². The van der Waals surface area contributed by atoms with Crippen molar-refractivity contribution in [3.63, 3.8) is 0 Å². The van der Waals surface area contributed by atoms with E-state index >= 15 is 0 Å². The smallest absolute Gasteiger partial charge is 0.267 e. The number of carbonyl (C=O) groups excluding carboxylic acids is 2. The van der Waals surface area contributed by atoms with Gasteiger partial charge in [-0.05, 0) is 26.0 Å². The van der Waals surface area contributed by atoms with Crippen LogP contribution in [0.1, 0.15) is 30.7 Å². The van der Waals surface area contributed by atoms with Crippen molar-refractivity contribution < 1.29 is 9.59 Å². The Bertz CT molecular complexity index is 669. The SMILES string of the molecule is Cc1nc(C)c(C(=O)NNC(=O)c2ccccc2Cl)s1. The Hall–Kier alpha value is -1.92. The molecule has 1 heterocycles. The summed E-state index contributed by atoms with van der Waals surface area (Å²) in [6.07, 6.45) is 0. The van der Waals surface area contributed by atoms with E-state index in [1.807, 2.05) is 6.92 Å². The van der Waals surface area contributed by atoms with Crippen LogP contribution >= 0.6 is 22.9 Å². The van der Waals surface area contributed by atoms with Gasteiger partial charge in [0.1, 0.15) is 4.88 Å². The van der Waals surface area contributed by atoms with E-state index in [2.05, 4.69) is 15.8 Å². The third-order valence-corrected chi connectivity index (χ3v) is 3.92.